The van der Waals surface area contributed by atoms with E-state index in [4.69, 9.17) is 11.6 Å². The number of hydrogen-bond donors (Lipinski definition) is 1. The molecular weight excluding hydrogens is 349 g/mol. The molecule has 0 aliphatic carbocycles. The van der Waals surface area contributed by atoms with Crippen molar-refractivity contribution in [2.75, 3.05) is 5.32 Å². The normalized spacial score (nSPS) is 12.5. The number of benzene rings is 1. The van der Waals surface area contributed by atoms with E-state index >= 15 is 0 Å². The van der Waals surface area contributed by atoms with Gasteiger partial charge in [0.15, 0.2) is 0 Å². The Kier molecular flexibility index (Phi) is 3.93. The molecule has 1 N–H and O–H groups in total. The van der Waals surface area contributed by atoms with Crippen molar-refractivity contribution < 1.29 is 0 Å². The highest BCUT2D eigenvalue weighted by Crippen LogP contribution is 2.27. The van der Waals surface area contributed by atoms with Gasteiger partial charge < -0.3 is 5.32 Å². The minimum absolute atomic E-state index is 0.167. The van der Waals surface area contributed by atoms with E-state index in [0.29, 0.717) is 0 Å². The van der Waals surface area contributed by atoms with Gasteiger partial charge in [0.1, 0.15) is 0 Å². The van der Waals surface area contributed by atoms with Gasteiger partial charge in [0.2, 0.25) is 0 Å². The molecule has 0 amide bonds. The molecule has 1 atom stereocenters. The number of hydrogen-bond acceptors (Lipinski definition) is 2. The first kappa shape index (κ1) is 12.7. The highest BCUT2D eigenvalue weighted by Gasteiger charge is 2.10. The van der Waals surface area contributed by atoms with Gasteiger partial charge in [-0.25, -0.2) is 0 Å². The lowest BCUT2D eigenvalue weighted by atomic mass is 10.2. The van der Waals surface area contributed by atoms with Crippen LogP contribution in [0.3, 0.4) is 0 Å². The lowest BCUT2D eigenvalue weighted by molar-refractivity contribution is 0.676. The van der Waals surface area contributed by atoms with Gasteiger partial charge in [0.05, 0.1) is 22.4 Å². The Labute approximate surface area is 119 Å². The number of anilines is 1. The summed E-state index contributed by atoms with van der Waals surface area (Å²) >= 11 is 8.43. The third-order valence-corrected chi connectivity index (χ3v) is 3.59. The van der Waals surface area contributed by atoms with Crippen molar-refractivity contribution in [2.24, 2.45) is 7.05 Å². The highest BCUT2D eigenvalue weighted by atomic mass is 127. The van der Waals surface area contributed by atoms with Crippen molar-refractivity contribution in [3.05, 3.63) is 44.7 Å². The molecular formula is C12H13ClIN3. The maximum absolute atomic E-state index is 6.19. The summed E-state index contributed by atoms with van der Waals surface area (Å²) in [7, 11) is 1.93. The molecule has 0 radical (unpaired) electrons. The van der Waals surface area contributed by atoms with E-state index in [1.165, 1.54) is 0 Å². The third kappa shape index (κ3) is 2.93. The molecule has 0 aliphatic rings. The number of rotatable bonds is 3. The fraction of sp³-hybridized carbons (Fsp3) is 0.250. The Morgan fingerprint density at radius 2 is 2.18 bits per heavy atom. The standard InChI is InChI=1S/C12H13ClIN3/c1-8(12-5-6-15-17(12)2)16-11-4-3-9(14)7-10(11)13/h3-8,16H,1-2H3. The summed E-state index contributed by atoms with van der Waals surface area (Å²) in [6.07, 6.45) is 1.79. The SMILES string of the molecule is CC(Nc1ccc(I)cc1Cl)c1ccnn1C. The van der Waals surface area contributed by atoms with Crippen molar-refractivity contribution >= 4 is 39.9 Å². The van der Waals surface area contributed by atoms with Crippen LogP contribution in [-0.4, -0.2) is 9.78 Å². The molecule has 0 bridgehead atoms. The maximum atomic E-state index is 6.19. The second kappa shape index (κ2) is 5.27. The van der Waals surface area contributed by atoms with E-state index in [1.54, 1.807) is 6.20 Å². The fourth-order valence-electron chi connectivity index (χ4n) is 1.72. The van der Waals surface area contributed by atoms with Crippen LogP contribution in [0.1, 0.15) is 18.7 Å². The van der Waals surface area contributed by atoms with Crippen LogP contribution in [0.4, 0.5) is 5.69 Å². The molecule has 0 spiro atoms. The number of nitrogens with one attached hydrogen (secondary N) is 1. The van der Waals surface area contributed by atoms with Crippen molar-refractivity contribution in [1.82, 2.24) is 9.78 Å². The lowest BCUT2D eigenvalue weighted by Crippen LogP contribution is -2.11. The second-order valence-electron chi connectivity index (χ2n) is 3.87. The Morgan fingerprint density at radius 1 is 1.41 bits per heavy atom. The maximum Gasteiger partial charge on any atom is 0.0654 e. The monoisotopic (exact) mass is 361 g/mol. The largest absolute Gasteiger partial charge is 0.376 e. The number of nitrogens with zero attached hydrogens (tertiary/aromatic N) is 2. The van der Waals surface area contributed by atoms with Crippen LogP contribution in [0.25, 0.3) is 0 Å². The van der Waals surface area contributed by atoms with Crippen molar-refractivity contribution in [3.8, 4) is 0 Å². The zero-order chi connectivity index (χ0) is 12.4. The van der Waals surface area contributed by atoms with Gasteiger partial charge >= 0.3 is 0 Å². The minimum Gasteiger partial charge on any atom is -0.376 e. The van der Waals surface area contributed by atoms with E-state index in [9.17, 15) is 0 Å². The molecule has 17 heavy (non-hydrogen) atoms. The molecule has 5 heteroatoms. The van der Waals surface area contributed by atoms with Gasteiger partial charge in [-0.1, -0.05) is 11.6 Å². The van der Waals surface area contributed by atoms with Gasteiger partial charge in [-0.3, -0.25) is 4.68 Å². The Balaban J connectivity index is 2.19. The van der Waals surface area contributed by atoms with Gasteiger partial charge in [0.25, 0.3) is 0 Å². The van der Waals surface area contributed by atoms with Crippen molar-refractivity contribution in [1.29, 1.82) is 0 Å². The zero-order valence-corrected chi connectivity index (χ0v) is 12.5. The molecule has 0 aliphatic heterocycles. The summed E-state index contributed by atoms with van der Waals surface area (Å²) in [5, 5.41) is 8.28. The summed E-state index contributed by atoms with van der Waals surface area (Å²) in [4.78, 5) is 0. The molecule has 1 heterocycles. The van der Waals surface area contributed by atoms with E-state index in [1.807, 2.05) is 36.0 Å². The predicted molar refractivity (Wildman–Crippen MR) is 79.4 cm³/mol. The lowest BCUT2D eigenvalue weighted by Gasteiger charge is -2.16. The summed E-state index contributed by atoms with van der Waals surface area (Å²) in [6.45, 7) is 2.09. The summed E-state index contributed by atoms with van der Waals surface area (Å²) < 4.78 is 2.99. The zero-order valence-electron chi connectivity index (χ0n) is 9.61. The number of halogens is 2. The summed E-state index contributed by atoms with van der Waals surface area (Å²) in [6, 6.07) is 8.14. The molecule has 2 aromatic rings. The van der Waals surface area contributed by atoms with E-state index < -0.39 is 0 Å². The van der Waals surface area contributed by atoms with Crippen LogP contribution >= 0.6 is 34.2 Å². The van der Waals surface area contributed by atoms with E-state index in [0.717, 1.165) is 20.0 Å². The summed E-state index contributed by atoms with van der Waals surface area (Å²) in [5.41, 5.74) is 2.07. The minimum atomic E-state index is 0.167. The molecule has 1 aromatic carbocycles. The van der Waals surface area contributed by atoms with Crippen LogP contribution < -0.4 is 5.32 Å². The van der Waals surface area contributed by atoms with Crippen LogP contribution in [0, 0.1) is 3.57 Å². The second-order valence-corrected chi connectivity index (χ2v) is 5.52. The van der Waals surface area contributed by atoms with Crippen LogP contribution in [0.2, 0.25) is 5.02 Å². The Morgan fingerprint density at radius 3 is 2.76 bits per heavy atom. The predicted octanol–water partition coefficient (Wildman–Crippen LogP) is 3.85. The van der Waals surface area contributed by atoms with Crippen LogP contribution in [0.5, 0.6) is 0 Å². The first-order chi connectivity index (χ1) is 8.08. The molecule has 0 fully saturated rings. The van der Waals surface area contributed by atoms with Crippen LogP contribution in [0.15, 0.2) is 30.5 Å². The van der Waals surface area contributed by atoms with Gasteiger partial charge in [-0.15, -0.1) is 0 Å². The Hall–Kier alpha value is -0.750. The average molecular weight is 362 g/mol. The summed E-state index contributed by atoms with van der Waals surface area (Å²) in [5.74, 6) is 0. The van der Waals surface area contributed by atoms with Crippen LogP contribution in [-0.2, 0) is 7.05 Å². The first-order valence-electron chi connectivity index (χ1n) is 5.27. The molecule has 3 nitrogen and oxygen atoms in total. The van der Waals surface area contributed by atoms with Gasteiger partial charge in [-0.2, -0.15) is 5.10 Å². The van der Waals surface area contributed by atoms with E-state index in [-0.39, 0.29) is 6.04 Å². The number of aryl methyl sites for hydroxylation is 1. The quantitative estimate of drug-likeness (QED) is 0.842. The number of aromatic nitrogens is 2. The molecule has 0 saturated carbocycles. The average Bonchev–Trinajstić information content (AvgIpc) is 2.68. The molecule has 2 rings (SSSR count). The molecule has 1 aromatic heterocycles. The first-order valence-corrected chi connectivity index (χ1v) is 6.73. The smallest absolute Gasteiger partial charge is 0.0654 e. The topological polar surface area (TPSA) is 29.9 Å². The van der Waals surface area contributed by atoms with Gasteiger partial charge in [0, 0.05) is 16.8 Å². The van der Waals surface area contributed by atoms with Gasteiger partial charge in [-0.05, 0) is 53.8 Å². The van der Waals surface area contributed by atoms with E-state index in [2.05, 4.69) is 39.9 Å². The fourth-order valence-corrected chi connectivity index (χ4v) is 2.63. The van der Waals surface area contributed by atoms with Crippen molar-refractivity contribution in [3.63, 3.8) is 0 Å². The molecule has 1 unspecified atom stereocenters. The van der Waals surface area contributed by atoms with Crippen molar-refractivity contribution in [2.45, 2.75) is 13.0 Å². The molecule has 0 saturated heterocycles. The Bertz CT molecular complexity index is 524. The highest BCUT2D eigenvalue weighted by molar-refractivity contribution is 14.1. The molecule has 90 valence electrons. The third-order valence-electron chi connectivity index (χ3n) is 2.61.